The smallest absolute Gasteiger partial charge is 0.353 e. The third-order valence-electron chi connectivity index (χ3n) is 4.23. The summed E-state index contributed by atoms with van der Waals surface area (Å²) in [7, 11) is 0. The second-order valence-corrected chi connectivity index (χ2v) is 7.44. The Hall–Kier alpha value is -2.35. The van der Waals surface area contributed by atoms with E-state index in [1.165, 1.54) is 11.3 Å². The van der Waals surface area contributed by atoms with Gasteiger partial charge in [-0.1, -0.05) is 11.6 Å². The monoisotopic (exact) mass is 429 g/mol. The Morgan fingerprint density at radius 1 is 1.36 bits per heavy atom. The van der Waals surface area contributed by atoms with Gasteiger partial charge in [0, 0.05) is 32.4 Å². The number of halogens is 4. The maximum atomic E-state index is 12.7. The average molecular weight is 430 g/mol. The number of carbonyl (C=O) groups excluding carboxylic acids is 1. The summed E-state index contributed by atoms with van der Waals surface area (Å²) >= 11 is 7.27. The molecule has 0 atom stereocenters. The van der Waals surface area contributed by atoms with Crippen molar-refractivity contribution in [1.29, 1.82) is 5.26 Å². The van der Waals surface area contributed by atoms with Crippen LogP contribution in [-0.4, -0.2) is 48.5 Å². The zero-order valence-corrected chi connectivity index (χ0v) is 16.0. The Morgan fingerprint density at radius 3 is 2.68 bits per heavy atom. The highest BCUT2D eigenvalue weighted by Crippen LogP contribution is 2.33. The van der Waals surface area contributed by atoms with Crippen LogP contribution in [-0.2, 0) is 11.0 Å². The van der Waals surface area contributed by atoms with Gasteiger partial charge < -0.3 is 10.2 Å². The van der Waals surface area contributed by atoms with Crippen LogP contribution in [0.25, 0.3) is 0 Å². The summed E-state index contributed by atoms with van der Waals surface area (Å²) in [4.78, 5) is 19.8. The van der Waals surface area contributed by atoms with Crippen LogP contribution < -0.4 is 10.2 Å². The number of piperazine rings is 1. The summed E-state index contributed by atoms with van der Waals surface area (Å²) in [5.74, 6) is 0.0779. The molecule has 11 heteroatoms. The van der Waals surface area contributed by atoms with Crippen molar-refractivity contribution < 1.29 is 18.0 Å². The molecular formula is C17H15ClF3N5OS. The molecule has 2 aromatic rings. The molecule has 1 saturated heterocycles. The first-order valence-corrected chi connectivity index (χ1v) is 9.51. The lowest BCUT2D eigenvalue weighted by Crippen LogP contribution is -2.49. The van der Waals surface area contributed by atoms with Gasteiger partial charge in [-0.3, -0.25) is 9.69 Å². The molecule has 6 nitrogen and oxygen atoms in total. The molecule has 0 bridgehead atoms. The fraction of sp³-hybridized carbons (Fsp3) is 0.353. The van der Waals surface area contributed by atoms with Gasteiger partial charge in [-0.15, -0.1) is 11.3 Å². The zero-order valence-electron chi connectivity index (χ0n) is 14.5. The van der Waals surface area contributed by atoms with Crippen LogP contribution in [0.3, 0.4) is 0 Å². The van der Waals surface area contributed by atoms with E-state index >= 15 is 0 Å². The van der Waals surface area contributed by atoms with E-state index in [9.17, 15) is 18.0 Å². The Labute approximate surface area is 168 Å². The molecule has 2 aromatic heterocycles. The molecule has 0 aliphatic carbocycles. The SMILES string of the molecule is N#Cc1ccsc1NC(=O)CN1CCN(c2ncc(C(F)(F)F)cc2Cl)CC1. The lowest BCUT2D eigenvalue weighted by atomic mass is 10.2. The number of hydrogen-bond acceptors (Lipinski definition) is 6. The molecule has 28 heavy (non-hydrogen) atoms. The standard InChI is InChI=1S/C17H15ClF3N5OS/c18-13-7-12(17(19,20)21)9-23-15(13)26-4-2-25(3-5-26)10-14(27)24-16-11(8-22)1-6-28-16/h1,6-7,9H,2-5,10H2,(H,24,27). The van der Waals surface area contributed by atoms with E-state index in [1.54, 1.807) is 16.3 Å². The topological polar surface area (TPSA) is 72.3 Å². The van der Waals surface area contributed by atoms with Crippen molar-refractivity contribution in [3.63, 3.8) is 0 Å². The number of aromatic nitrogens is 1. The third kappa shape index (κ3) is 4.73. The van der Waals surface area contributed by atoms with Gasteiger partial charge in [0.1, 0.15) is 16.9 Å². The maximum absolute atomic E-state index is 12.7. The molecule has 1 aliphatic rings. The first kappa shape index (κ1) is 20.4. The van der Waals surface area contributed by atoms with Gasteiger partial charge in [0.2, 0.25) is 5.91 Å². The molecule has 3 rings (SSSR count). The van der Waals surface area contributed by atoms with Gasteiger partial charge in [-0.2, -0.15) is 18.4 Å². The van der Waals surface area contributed by atoms with Gasteiger partial charge in [-0.05, 0) is 17.5 Å². The van der Waals surface area contributed by atoms with Crippen LogP contribution in [0, 0.1) is 11.3 Å². The molecule has 0 unspecified atom stereocenters. The van der Waals surface area contributed by atoms with Gasteiger partial charge in [0.15, 0.2) is 0 Å². The highest BCUT2D eigenvalue weighted by molar-refractivity contribution is 7.14. The quantitative estimate of drug-likeness (QED) is 0.806. The first-order valence-electron chi connectivity index (χ1n) is 8.25. The number of amides is 1. The number of nitrogens with zero attached hydrogens (tertiary/aromatic N) is 4. The Bertz CT molecular complexity index is 903. The number of rotatable bonds is 4. The summed E-state index contributed by atoms with van der Waals surface area (Å²) in [5.41, 5.74) is -0.465. The Kier molecular flexibility index (Phi) is 6.07. The average Bonchev–Trinajstić information content (AvgIpc) is 3.08. The number of nitrogens with one attached hydrogen (secondary N) is 1. The predicted molar refractivity (Wildman–Crippen MR) is 101 cm³/mol. The zero-order chi connectivity index (χ0) is 20.3. The summed E-state index contributed by atoms with van der Waals surface area (Å²) < 4.78 is 38.2. The van der Waals surface area contributed by atoms with E-state index in [4.69, 9.17) is 16.9 Å². The molecule has 1 aliphatic heterocycles. The van der Waals surface area contributed by atoms with Crippen LogP contribution in [0.2, 0.25) is 5.02 Å². The van der Waals surface area contributed by atoms with Crippen molar-refractivity contribution in [3.05, 3.63) is 39.9 Å². The number of alkyl halides is 3. The number of pyridine rings is 1. The molecular weight excluding hydrogens is 415 g/mol. The number of carbonyl (C=O) groups is 1. The maximum Gasteiger partial charge on any atom is 0.417 e. The minimum atomic E-state index is -4.49. The van der Waals surface area contributed by atoms with E-state index in [-0.39, 0.29) is 17.5 Å². The first-order chi connectivity index (χ1) is 13.3. The Balaban J connectivity index is 1.55. The van der Waals surface area contributed by atoms with Gasteiger partial charge >= 0.3 is 6.18 Å². The van der Waals surface area contributed by atoms with Crippen LogP contribution >= 0.6 is 22.9 Å². The van der Waals surface area contributed by atoms with E-state index in [2.05, 4.69) is 10.3 Å². The molecule has 3 heterocycles. The van der Waals surface area contributed by atoms with E-state index in [0.29, 0.717) is 42.6 Å². The largest absolute Gasteiger partial charge is 0.417 e. The molecule has 1 N–H and O–H groups in total. The van der Waals surface area contributed by atoms with Crippen molar-refractivity contribution in [2.24, 2.45) is 0 Å². The van der Waals surface area contributed by atoms with Crippen molar-refractivity contribution >= 4 is 39.7 Å². The second-order valence-electron chi connectivity index (χ2n) is 6.11. The van der Waals surface area contributed by atoms with Crippen molar-refractivity contribution in [2.75, 3.05) is 42.9 Å². The van der Waals surface area contributed by atoms with Crippen LogP contribution in [0.15, 0.2) is 23.7 Å². The van der Waals surface area contributed by atoms with Crippen LogP contribution in [0.4, 0.5) is 24.0 Å². The van der Waals surface area contributed by atoms with Gasteiger partial charge in [-0.25, -0.2) is 4.98 Å². The summed E-state index contributed by atoms with van der Waals surface area (Å²) in [6.07, 6.45) is -3.72. The van der Waals surface area contributed by atoms with E-state index in [1.807, 2.05) is 11.0 Å². The number of thiophene rings is 1. The normalized spacial score (nSPS) is 15.3. The summed E-state index contributed by atoms with van der Waals surface area (Å²) in [6, 6.07) is 4.52. The highest BCUT2D eigenvalue weighted by atomic mass is 35.5. The summed E-state index contributed by atoms with van der Waals surface area (Å²) in [6.45, 7) is 2.18. The second kappa shape index (κ2) is 8.34. The fourth-order valence-electron chi connectivity index (χ4n) is 2.80. The molecule has 1 fully saturated rings. The number of anilines is 2. The molecule has 148 valence electrons. The Morgan fingerprint density at radius 2 is 2.07 bits per heavy atom. The lowest BCUT2D eigenvalue weighted by molar-refractivity contribution is -0.137. The van der Waals surface area contributed by atoms with Crippen molar-refractivity contribution in [3.8, 4) is 6.07 Å². The van der Waals surface area contributed by atoms with Crippen LogP contribution in [0.5, 0.6) is 0 Å². The fourth-order valence-corrected chi connectivity index (χ4v) is 3.84. The minimum absolute atomic E-state index is 0.0530. The van der Waals surface area contributed by atoms with Crippen LogP contribution in [0.1, 0.15) is 11.1 Å². The molecule has 0 saturated carbocycles. The lowest BCUT2D eigenvalue weighted by Gasteiger charge is -2.35. The molecule has 0 aromatic carbocycles. The summed E-state index contributed by atoms with van der Waals surface area (Å²) in [5, 5.41) is 13.9. The van der Waals surface area contributed by atoms with Crippen molar-refractivity contribution in [2.45, 2.75) is 6.18 Å². The van der Waals surface area contributed by atoms with Gasteiger partial charge in [0.25, 0.3) is 0 Å². The third-order valence-corrected chi connectivity index (χ3v) is 5.33. The van der Waals surface area contributed by atoms with Gasteiger partial charge in [0.05, 0.1) is 22.7 Å². The number of hydrogen-bond donors (Lipinski definition) is 1. The predicted octanol–water partition coefficient (Wildman–Crippen LogP) is 3.45. The molecule has 1 amide bonds. The minimum Gasteiger partial charge on any atom is -0.353 e. The van der Waals surface area contributed by atoms with E-state index < -0.39 is 11.7 Å². The number of nitriles is 1. The highest BCUT2D eigenvalue weighted by Gasteiger charge is 2.32. The molecule has 0 spiro atoms. The molecule has 0 radical (unpaired) electrons. The van der Waals surface area contributed by atoms with Crippen molar-refractivity contribution in [1.82, 2.24) is 9.88 Å². The van der Waals surface area contributed by atoms with E-state index in [0.717, 1.165) is 12.3 Å².